The predicted octanol–water partition coefficient (Wildman–Crippen LogP) is 2.81. The molecule has 0 radical (unpaired) electrons. The fourth-order valence-electron chi connectivity index (χ4n) is 3.14. The average Bonchev–Trinajstić information content (AvgIpc) is 2.99. The van der Waals surface area contributed by atoms with E-state index in [1.165, 1.54) is 0 Å². The molecule has 5 atom stereocenters. The summed E-state index contributed by atoms with van der Waals surface area (Å²) in [6.45, 7) is 18.6. The van der Waals surface area contributed by atoms with Gasteiger partial charge in [-0.1, -0.05) is 133 Å². The van der Waals surface area contributed by atoms with Crippen LogP contribution in [0.3, 0.4) is 0 Å². The largest absolute Gasteiger partial charge is 5.00 e. The van der Waals surface area contributed by atoms with Crippen molar-refractivity contribution < 1.29 is 68.1 Å². The second-order valence-corrected chi connectivity index (χ2v) is 11.8. The maximum absolute atomic E-state index is 10.1. The fraction of sp³-hybridized carbons (Fsp3) is 0.857. The monoisotopic (exact) mass is 696 g/mol. The van der Waals surface area contributed by atoms with E-state index in [4.69, 9.17) is 0 Å². The molecule has 0 aliphatic heterocycles. The third kappa shape index (κ3) is 48.8. The van der Waals surface area contributed by atoms with Gasteiger partial charge in [0.2, 0.25) is 0 Å². The van der Waals surface area contributed by atoms with Gasteiger partial charge in [-0.05, 0) is 61.7 Å². The van der Waals surface area contributed by atoms with Gasteiger partial charge in [0.05, 0.1) is 0 Å². The Balaban J connectivity index is -0.000000108. The van der Waals surface area contributed by atoms with E-state index in [1.54, 1.807) is 34.6 Å². The number of carbonyl (C=O) groups is 5. The number of aliphatic carboxylic acids is 5. The van der Waals surface area contributed by atoms with Crippen molar-refractivity contribution in [3.63, 3.8) is 0 Å². The van der Waals surface area contributed by atoms with E-state index in [2.05, 4.69) is 0 Å². The topological polar surface area (TPSA) is 201 Å². The average molecular weight is 697 g/mol. The maximum Gasteiger partial charge on any atom is 5.00 e. The summed E-state index contributed by atoms with van der Waals surface area (Å²) < 4.78 is 0. The Hall–Kier alpha value is -2.07. The molecule has 0 spiro atoms. The molecular weight excluding hydrogens is 631 g/mol. The molecule has 5 unspecified atom stereocenters. The molecule has 270 valence electrons. The Bertz CT molecular complexity index is 591. The van der Waals surface area contributed by atoms with Gasteiger partial charge in [0.15, 0.2) is 0 Å². The normalized spacial score (nSPS) is 12.8. The van der Waals surface area contributed by atoms with Gasteiger partial charge in [-0.2, -0.15) is 0 Å². The van der Waals surface area contributed by atoms with Crippen LogP contribution in [-0.4, -0.2) is 29.8 Å². The van der Waals surface area contributed by atoms with Gasteiger partial charge in [-0.15, -0.1) is 0 Å². The predicted molar refractivity (Wildman–Crippen MR) is 168 cm³/mol. The molecule has 11 heteroatoms. The van der Waals surface area contributed by atoms with Crippen molar-refractivity contribution in [2.24, 2.45) is 29.6 Å². The van der Waals surface area contributed by atoms with Crippen LogP contribution >= 0.6 is 0 Å². The van der Waals surface area contributed by atoms with Crippen molar-refractivity contribution in [2.75, 3.05) is 0 Å². The van der Waals surface area contributed by atoms with Crippen molar-refractivity contribution in [1.82, 2.24) is 0 Å². The van der Waals surface area contributed by atoms with Crippen LogP contribution in [-0.2, 0) is 42.5 Å². The van der Waals surface area contributed by atoms with Crippen LogP contribution in [0.1, 0.15) is 166 Å². The molecule has 0 saturated heterocycles. The van der Waals surface area contributed by atoms with Crippen molar-refractivity contribution in [2.45, 2.75) is 166 Å². The Morgan fingerprint density at radius 2 is 0.457 bits per heavy atom. The molecule has 0 amide bonds. The number of carboxylic acids is 5. The van der Waals surface area contributed by atoms with Gasteiger partial charge < -0.3 is 49.5 Å². The van der Waals surface area contributed by atoms with Crippen LogP contribution in [0, 0.1) is 29.6 Å². The molecule has 0 bridgehead atoms. The molecule has 0 aliphatic rings. The summed E-state index contributed by atoms with van der Waals surface area (Å²) >= 11 is 0. The summed E-state index contributed by atoms with van der Waals surface area (Å²) in [5.74, 6) is -6.00. The molecule has 0 aromatic heterocycles. The van der Waals surface area contributed by atoms with Crippen LogP contribution in [0.5, 0.6) is 0 Å². The number of carbonyl (C=O) groups excluding carboxylic acids is 5. The van der Waals surface area contributed by atoms with Gasteiger partial charge in [-0.3, -0.25) is 0 Å². The summed E-state index contributed by atoms with van der Waals surface area (Å²) in [6, 6.07) is 0. The van der Waals surface area contributed by atoms with E-state index < -0.39 is 29.8 Å². The number of hydrogen-bond donors (Lipinski definition) is 0. The zero-order valence-electron chi connectivity index (χ0n) is 30.5. The molecule has 0 saturated carbocycles. The number of hydrogen-bond acceptors (Lipinski definition) is 10. The van der Waals surface area contributed by atoms with Gasteiger partial charge >= 0.3 is 18.6 Å². The second-order valence-electron chi connectivity index (χ2n) is 11.8. The Kier molecular flexibility index (Phi) is 50.1. The molecule has 0 rings (SSSR count). The van der Waals surface area contributed by atoms with Gasteiger partial charge in [0.25, 0.3) is 0 Å². The van der Waals surface area contributed by atoms with Crippen molar-refractivity contribution in [1.29, 1.82) is 0 Å². The standard InChI is InChI=1S/5C7H14O2.V/c5*1-3-4-5-6(2)7(8)9;/h5*6H,3-5H2,1-2H3,(H,8,9);/q;;;;;+5/p-5. The first-order valence-electron chi connectivity index (χ1n) is 16.9. The summed E-state index contributed by atoms with van der Waals surface area (Å²) in [6.07, 6.45) is 13.9. The summed E-state index contributed by atoms with van der Waals surface area (Å²) in [4.78, 5) is 50.5. The van der Waals surface area contributed by atoms with Crippen LogP contribution in [0.25, 0.3) is 0 Å². The number of unbranched alkanes of at least 4 members (excludes halogenated alkanes) is 5. The van der Waals surface area contributed by atoms with Gasteiger partial charge in [0.1, 0.15) is 0 Å². The Morgan fingerprint density at radius 3 is 0.522 bits per heavy atom. The van der Waals surface area contributed by atoms with Crippen LogP contribution < -0.4 is 25.5 Å². The van der Waals surface area contributed by atoms with Crippen molar-refractivity contribution >= 4 is 29.8 Å². The smallest absolute Gasteiger partial charge is 0.550 e. The molecule has 0 aromatic carbocycles. The van der Waals surface area contributed by atoms with Crippen molar-refractivity contribution in [3.8, 4) is 0 Å². The summed E-state index contributed by atoms with van der Waals surface area (Å²) in [5, 5.41) is 50.5. The maximum atomic E-state index is 10.1. The quantitative estimate of drug-likeness (QED) is 0.182. The Morgan fingerprint density at radius 1 is 0.348 bits per heavy atom. The molecular formula is C35H65O10V. The fourth-order valence-corrected chi connectivity index (χ4v) is 3.14. The van der Waals surface area contributed by atoms with E-state index in [0.29, 0.717) is 0 Å². The first-order valence-corrected chi connectivity index (χ1v) is 16.9. The van der Waals surface area contributed by atoms with E-state index in [9.17, 15) is 49.5 Å². The minimum absolute atomic E-state index is 0. The third-order valence-electron chi connectivity index (χ3n) is 6.97. The minimum Gasteiger partial charge on any atom is -0.550 e. The van der Waals surface area contributed by atoms with Crippen molar-refractivity contribution in [3.05, 3.63) is 0 Å². The summed E-state index contributed by atoms with van der Waals surface area (Å²) in [5.41, 5.74) is 0. The zero-order valence-corrected chi connectivity index (χ0v) is 31.9. The molecule has 0 aromatic rings. The third-order valence-corrected chi connectivity index (χ3v) is 6.97. The molecule has 10 nitrogen and oxygen atoms in total. The molecule has 0 heterocycles. The first kappa shape index (κ1) is 56.3. The number of rotatable bonds is 20. The molecule has 46 heavy (non-hydrogen) atoms. The molecule has 0 aliphatic carbocycles. The van der Waals surface area contributed by atoms with Crippen LogP contribution in [0.15, 0.2) is 0 Å². The summed E-state index contributed by atoms with van der Waals surface area (Å²) in [7, 11) is 0. The van der Waals surface area contributed by atoms with Gasteiger partial charge in [0, 0.05) is 29.8 Å². The molecule has 0 fully saturated rings. The van der Waals surface area contributed by atoms with E-state index in [0.717, 1.165) is 96.3 Å². The molecule has 0 N–H and O–H groups in total. The minimum atomic E-state index is -0.927. The first-order chi connectivity index (χ1) is 20.9. The SMILES string of the molecule is CCCCC(C)C(=O)[O-].CCCCC(C)C(=O)[O-].CCCCC(C)C(=O)[O-].CCCCC(C)C(=O)[O-].CCCCC(C)C(=O)[O-].[V+5]. The second kappa shape index (κ2) is 41.0. The van der Waals surface area contributed by atoms with Crippen LogP contribution in [0.2, 0.25) is 0 Å². The van der Waals surface area contributed by atoms with E-state index in [1.807, 2.05) is 34.6 Å². The number of carboxylic acid groups (broad SMARTS) is 5. The van der Waals surface area contributed by atoms with Crippen LogP contribution in [0.4, 0.5) is 0 Å². The zero-order chi connectivity index (χ0) is 36.4. The van der Waals surface area contributed by atoms with Gasteiger partial charge in [-0.25, -0.2) is 0 Å². The van der Waals surface area contributed by atoms with E-state index in [-0.39, 0.29) is 48.1 Å². The Labute approximate surface area is 292 Å². The van der Waals surface area contributed by atoms with E-state index >= 15 is 0 Å².